The van der Waals surface area contributed by atoms with Crippen molar-refractivity contribution in [3.63, 3.8) is 0 Å². The smallest absolute Gasteiger partial charge is 0.0707 e. The minimum atomic E-state index is 0.0690. The molecule has 0 spiro atoms. The Labute approximate surface area is 106 Å². The molecule has 1 fully saturated rings. The summed E-state index contributed by atoms with van der Waals surface area (Å²) < 4.78 is 11.5. The molecule has 1 heterocycles. The zero-order chi connectivity index (χ0) is 12.9. The molecule has 0 aromatic heterocycles. The van der Waals surface area contributed by atoms with Gasteiger partial charge in [-0.2, -0.15) is 0 Å². The molecule has 0 aliphatic carbocycles. The van der Waals surface area contributed by atoms with Crippen molar-refractivity contribution in [3.8, 4) is 0 Å². The molecule has 0 amide bonds. The molecule has 17 heavy (non-hydrogen) atoms. The summed E-state index contributed by atoms with van der Waals surface area (Å²) >= 11 is 0. The van der Waals surface area contributed by atoms with Gasteiger partial charge in [-0.1, -0.05) is 13.8 Å². The Morgan fingerprint density at radius 2 is 2.12 bits per heavy atom. The molecule has 3 nitrogen and oxygen atoms in total. The van der Waals surface area contributed by atoms with Gasteiger partial charge < -0.3 is 14.8 Å². The fourth-order valence-electron chi connectivity index (χ4n) is 2.24. The van der Waals surface area contributed by atoms with Crippen LogP contribution in [-0.4, -0.2) is 37.5 Å². The van der Waals surface area contributed by atoms with E-state index in [0.717, 1.165) is 26.2 Å². The monoisotopic (exact) mass is 243 g/mol. The summed E-state index contributed by atoms with van der Waals surface area (Å²) in [5.41, 5.74) is 0.0690. The molecule has 102 valence electrons. The Bertz CT molecular complexity index is 216. The van der Waals surface area contributed by atoms with E-state index in [4.69, 9.17) is 9.47 Å². The third-order valence-corrected chi connectivity index (χ3v) is 3.47. The topological polar surface area (TPSA) is 30.5 Å². The van der Waals surface area contributed by atoms with Crippen molar-refractivity contribution in [3.05, 3.63) is 0 Å². The molecule has 2 unspecified atom stereocenters. The Morgan fingerprint density at radius 3 is 2.59 bits per heavy atom. The average Bonchev–Trinajstić information content (AvgIpc) is 2.58. The minimum Gasteiger partial charge on any atom is -0.380 e. The van der Waals surface area contributed by atoms with Crippen molar-refractivity contribution < 1.29 is 9.47 Å². The van der Waals surface area contributed by atoms with Crippen LogP contribution in [-0.2, 0) is 9.47 Å². The largest absolute Gasteiger partial charge is 0.380 e. The second-order valence-electron chi connectivity index (χ2n) is 5.96. The van der Waals surface area contributed by atoms with Crippen LogP contribution in [0.3, 0.4) is 0 Å². The lowest BCUT2D eigenvalue weighted by atomic mass is 10.0. The number of rotatable bonds is 7. The summed E-state index contributed by atoms with van der Waals surface area (Å²) in [6.45, 7) is 13.4. The fourth-order valence-corrected chi connectivity index (χ4v) is 2.24. The third kappa shape index (κ3) is 5.36. The molecule has 1 rings (SSSR count). The molecule has 1 saturated heterocycles. The van der Waals surface area contributed by atoms with Crippen LogP contribution in [0.15, 0.2) is 0 Å². The normalized spacial score (nSPS) is 25.4. The standard InChI is InChI=1S/C14H29NO2/c1-6-16-10-13(11(2)3)15-9-12-7-8-14(4,5)17-12/h11-13,15H,6-10H2,1-5H3. The van der Waals surface area contributed by atoms with Crippen molar-refractivity contribution in [1.82, 2.24) is 5.32 Å². The lowest BCUT2D eigenvalue weighted by Crippen LogP contribution is -2.42. The molecule has 0 radical (unpaired) electrons. The number of nitrogens with one attached hydrogen (secondary N) is 1. The first-order chi connectivity index (χ1) is 7.94. The van der Waals surface area contributed by atoms with E-state index in [2.05, 4.69) is 33.0 Å². The zero-order valence-electron chi connectivity index (χ0n) is 12.1. The number of hydrogen-bond donors (Lipinski definition) is 1. The van der Waals surface area contributed by atoms with E-state index in [1.54, 1.807) is 0 Å². The van der Waals surface area contributed by atoms with Gasteiger partial charge in [-0.3, -0.25) is 0 Å². The summed E-state index contributed by atoms with van der Waals surface area (Å²) in [6.07, 6.45) is 2.70. The predicted molar refractivity (Wildman–Crippen MR) is 71.3 cm³/mol. The molecular formula is C14H29NO2. The van der Waals surface area contributed by atoms with Crippen molar-refractivity contribution in [1.29, 1.82) is 0 Å². The van der Waals surface area contributed by atoms with Crippen LogP contribution >= 0.6 is 0 Å². The number of ether oxygens (including phenoxy) is 2. The third-order valence-electron chi connectivity index (χ3n) is 3.47. The van der Waals surface area contributed by atoms with Crippen LogP contribution in [0.2, 0.25) is 0 Å². The summed E-state index contributed by atoms with van der Waals surface area (Å²) in [5, 5.41) is 3.58. The van der Waals surface area contributed by atoms with Gasteiger partial charge in [0.2, 0.25) is 0 Å². The first kappa shape index (κ1) is 14.9. The second kappa shape index (κ2) is 6.72. The Balaban J connectivity index is 2.27. The van der Waals surface area contributed by atoms with Gasteiger partial charge in [-0.05, 0) is 39.5 Å². The maximum Gasteiger partial charge on any atom is 0.0707 e. The molecule has 1 N–H and O–H groups in total. The predicted octanol–water partition coefficient (Wildman–Crippen LogP) is 2.59. The zero-order valence-corrected chi connectivity index (χ0v) is 12.1. The second-order valence-corrected chi connectivity index (χ2v) is 5.96. The molecule has 1 aliphatic heterocycles. The Kier molecular flexibility index (Phi) is 5.90. The van der Waals surface area contributed by atoms with E-state index < -0.39 is 0 Å². The van der Waals surface area contributed by atoms with E-state index in [0.29, 0.717) is 18.1 Å². The van der Waals surface area contributed by atoms with Crippen LogP contribution in [0.1, 0.15) is 47.5 Å². The van der Waals surface area contributed by atoms with Crippen LogP contribution in [0, 0.1) is 5.92 Å². The van der Waals surface area contributed by atoms with E-state index >= 15 is 0 Å². The van der Waals surface area contributed by atoms with Crippen molar-refractivity contribution in [2.45, 2.75) is 65.2 Å². The number of hydrogen-bond acceptors (Lipinski definition) is 3. The fraction of sp³-hybridized carbons (Fsp3) is 1.00. The Morgan fingerprint density at radius 1 is 1.41 bits per heavy atom. The summed E-state index contributed by atoms with van der Waals surface area (Å²) in [7, 11) is 0. The van der Waals surface area contributed by atoms with Gasteiger partial charge in [0, 0.05) is 19.2 Å². The molecular weight excluding hydrogens is 214 g/mol. The van der Waals surface area contributed by atoms with Crippen molar-refractivity contribution in [2.24, 2.45) is 5.92 Å². The van der Waals surface area contributed by atoms with Crippen LogP contribution in [0.25, 0.3) is 0 Å². The van der Waals surface area contributed by atoms with Crippen LogP contribution < -0.4 is 5.32 Å². The molecule has 0 aromatic rings. The highest BCUT2D eigenvalue weighted by molar-refractivity contribution is 4.83. The van der Waals surface area contributed by atoms with Gasteiger partial charge in [0.1, 0.15) is 0 Å². The molecule has 0 saturated carbocycles. The van der Waals surface area contributed by atoms with Gasteiger partial charge in [-0.25, -0.2) is 0 Å². The van der Waals surface area contributed by atoms with E-state index in [1.807, 2.05) is 6.92 Å². The maximum atomic E-state index is 5.98. The first-order valence-corrected chi connectivity index (χ1v) is 6.93. The maximum absolute atomic E-state index is 5.98. The highest BCUT2D eigenvalue weighted by Crippen LogP contribution is 2.28. The lowest BCUT2D eigenvalue weighted by molar-refractivity contribution is -0.0172. The van der Waals surface area contributed by atoms with E-state index in [9.17, 15) is 0 Å². The summed E-state index contributed by atoms with van der Waals surface area (Å²) in [4.78, 5) is 0. The molecule has 0 aromatic carbocycles. The van der Waals surface area contributed by atoms with Crippen molar-refractivity contribution in [2.75, 3.05) is 19.8 Å². The molecule has 2 atom stereocenters. The van der Waals surface area contributed by atoms with Gasteiger partial charge in [0.15, 0.2) is 0 Å². The van der Waals surface area contributed by atoms with Gasteiger partial charge in [0.25, 0.3) is 0 Å². The molecule has 0 bridgehead atoms. The SMILES string of the molecule is CCOCC(NCC1CCC(C)(C)O1)C(C)C. The molecule has 1 aliphatic rings. The van der Waals surface area contributed by atoms with Crippen LogP contribution in [0.4, 0.5) is 0 Å². The van der Waals surface area contributed by atoms with Gasteiger partial charge >= 0.3 is 0 Å². The highest BCUT2D eigenvalue weighted by Gasteiger charge is 2.31. The van der Waals surface area contributed by atoms with Gasteiger partial charge in [0.05, 0.1) is 18.3 Å². The summed E-state index contributed by atoms with van der Waals surface area (Å²) in [6, 6.07) is 0.433. The van der Waals surface area contributed by atoms with Crippen molar-refractivity contribution >= 4 is 0 Å². The quantitative estimate of drug-likeness (QED) is 0.745. The Hall–Kier alpha value is -0.120. The first-order valence-electron chi connectivity index (χ1n) is 6.93. The average molecular weight is 243 g/mol. The lowest BCUT2D eigenvalue weighted by Gasteiger charge is -2.25. The summed E-state index contributed by atoms with van der Waals surface area (Å²) in [5.74, 6) is 0.593. The molecule has 3 heteroatoms. The van der Waals surface area contributed by atoms with Gasteiger partial charge in [-0.15, -0.1) is 0 Å². The highest BCUT2D eigenvalue weighted by atomic mass is 16.5. The minimum absolute atomic E-state index is 0.0690. The van der Waals surface area contributed by atoms with E-state index in [-0.39, 0.29) is 5.60 Å². The van der Waals surface area contributed by atoms with Crippen LogP contribution in [0.5, 0.6) is 0 Å². The van der Waals surface area contributed by atoms with E-state index in [1.165, 1.54) is 6.42 Å².